The minimum atomic E-state index is -1.41. The minimum Gasteiger partial charge on any atom is -0.480 e. The fourth-order valence-electron chi connectivity index (χ4n) is 2.47. The summed E-state index contributed by atoms with van der Waals surface area (Å²) in [5, 5.41) is 53.5. The van der Waals surface area contributed by atoms with Crippen molar-refractivity contribution in [1.82, 2.24) is 30.0 Å². The van der Waals surface area contributed by atoms with Crippen molar-refractivity contribution in [2.24, 2.45) is 0 Å². The van der Waals surface area contributed by atoms with Gasteiger partial charge in [0, 0.05) is 0 Å². The molecule has 0 saturated carbocycles. The van der Waals surface area contributed by atoms with Crippen LogP contribution < -0.4 is 0 Å². The van der Waals surface area contributed by atoms with Gasteiger partial charge < -0.3 is 25.2 Å². The summed E-state index contributed by atoms with van der Waals surface area (Å²) >= 11 is 0. The highest BCUT2D eigenvalue weighted by atomic mass is 16.5. The van der Waals surface area contributed by atoms with Crippen molar-refractivity contribution in [3.05, 3.63) is 12.4 Å². The zero-order valence-corrected chi connectivity index (χ0v) is 12.5. The Bertz CT molecular complexity index is 731. The molecule has 0 radical (unpaired) electrons. The van der Waals surface area contributed by atoms with Gasteiger partial charge in [-0.25, -0.2) is 9.36 Å². The van der Waals surface area contributed by atoms with Crippen LogP contribution in [0.15, 0.2) is 12.4 Å². The van der Waals surface area contributed by atoms with Gasteiger partial charge >= 0.3 is 5.97 Å². The van der Waals surface area contributed by atoms with Crippen LogP contribution in [0.1, 0.15) is 13.2 Å². The molecule has 0 bridgehead atoms. The van der Waals surface area contributed by atoms with Crippen molar-refractivity contribution < 1.29 is 30.0 Å². The van der Waals surface area contributed by atoms with Gasteiger partial charge in [0.1, 0.15) is 36.2 Å². The van der Waals surface area contributed by atoms with E-state index in [1.807, 2.05) is 0 Å². The van der Waals surface area contributed by atoms with E-state index in [9.17, 15) is 20.1 Å². The molecule has 0 aromatic carbocycles. The van der Waals surface area contributed by atoms with Gasteiger partial charge in [0.15, 0.2) is 6.23 Å². The molecule has 2 aromatic rings. The van der Waals surface area contributed by atoms with Crippen molar-refractivity contribution >= 4 is 5.97 Å². The molecule has 1 saturated heterocycles. The molecule has 12 heteroatoms. The Labute approximate surface area is 134 Å². The van der Waals surface area contributed by atoms with Gasteiger partial charge in [0.25, 0.3) is 0 Å². The zero-order valence-electron chi connectivity index (χ0n) is 12.5. The molecule has 12 nitrogen and oxygen atoms in total. The number of nitrogens with zero attached hydrogens (tertiary/aromatic N) is 6. The summed E-state index contributed by atoms with van der Waals surface area (Å²) in [4.78, 5) is 10.8. The van der Waals surface area contributed by atoms with Crippen LogP contribution in [-0.4, -0.2) is 80.8 Å². The van der Waals surface area contributed by atoms with E-state index in [0.717, 1.165) is 4.68 Å². The highest BCUT2D eigenvalue weighted by molar-refractivity contribution is 5.67. The van der Waals surface area contributed by atoms with Gasteiger partial charge in [0.05, 0.1) is 18.5 Å². The Balaban J connectivity index is 1.86. The molecule has 130 valence electrons. The number of carboxylic acids is 1. The summed E-state index contributed by atoms with van der Waals surface area (Å²) in [6, 6.07) is 0. The number of ether oxygens (including phenoxy) is 1. The largest absolute Gasteiger partial charge is 0.480 e. The summed E-state index contributed by atoms with van der Waals surface area (Å²) in [6.45, 7) is 1.16. The molecule has 0 spiro atoms. The number of aliphatic hydroxyl groups excluding tert-OH is 3. The van der Waals surface area contributed by atoms with E-state index in [0.29, 0.717) is 5.69 Å². The lowest BCUT2D eigenvalue weighted by atomic mass is 9.99. The Morgan fingerprint density at radius 2 is 2.00 bits per heavy atom. The third-order valence-electron chi connectivity index (χ3n) is 3.76. The summed E-state index contributed by atoms with van der Waals surface area (Å²) in [5.41, 5.74) is 0.591. The monoisotopic (exact) mass is 340 g/mol. The topological polar surface area (TPSA) is 169 Å². The Morgan fingerprint density at radius 1 is 1.25 bits per heavy atom. The molecule has 24 heavy (non-hydrogen) atoms. The number of carboxylic acid groups (broad SMARTS) is 1. The number of hydrogen-bond acceptors (Lipinski definition) is 9. The molecule has 3 rings (SSSR count). The van der Waals surface area contributed by atoms with Crippen LogP contribution >= 0.6 is 0 Å². The van der Waals surface area contributed by atoms with Gasteiger partial charge in [-0.1, -0.05) is 10.4 Å². The molecule has 0 unspecified atom stereocenters. The molecule has 1 aliphatic heterocycles. The maximum absolute atomic E-state index is 10.8. The Morgan fingerprint density at radius 3 is 2.71 bits per heavy atom. The molecule has 0 aliphatic carbocycles. The quantitative estimate of drug-likeness (QED) is 0.471. The van der Waals surface area contributed by atoms with Crippen LogP contribution in [0.3, 0.4) is 0 Å². The van der Waals surface area contributed by atoms with Crippen molar-refractivity contribution in [2.45, 2.75) is 44.1 Å². The average molecular weight is 340 g/mol. The minimum absolute atomic E-state index is 0.269. The fraction of sp³-hybridized carbons (Fsp3) is 0.583. The lowest BCUT2D eigenvalue weighted by molar-refractivity contribution is -0.243. The normalized spacial score (nSPS) is 30.4. The summed E-state index contributed by atoms with van der Waals surface area (Å²) in [7, 11) is 0. The summed E-state index contributed by atoms with van der Waals surface area (Å²) in [6.07, 6.45) is -3.07. The number of rotatable bonds is 4. The number of carbonyl (C=O) groups is 1. The van der Waals surface area contributed by atoms with E-state index >= 15 is 0 Å². The van der Waals surface area contributed by atoms with Crippen molar-refractivity contribution in [1.29, 1.82) is 0 Å². The van der Waals surface area contributed by atoms with E-state index in [4.69, 9.17) is 9.84 Å². The third-order valence-corrected chi connectivity index (χ3v) is 3.76. The smallest absolute Gasteiger partial charge is 0.325 e. The van der Waals surface area contributed by atoms with Gasteiger partial charge in [-0.05, 0) is 6.92 Å². The number of aromatic nitrogens is 6. The third kappa shape index (κ3) is 2.87. The molecule has 0 amide bonds. The highest BCUT2D eigenvalue weighted by Gasteiger charge is 2.43. The van der Waals surface area contributed by atoms with Crippen molar-refractivity contribution in [3.63, 3.8) is 0 Å². The molecule has 2 aromatic heterocycles. The first-order chi connectivity index (χ1) is 11.4. The summed E-state index contributed by atoms with van der Waals surface area (Å²) < 4.78 is 7.78. The predicted octanol–water partition coefficient (Wildman–Crippen LogP) is -2.38. The maximum Gasteiger partial charge on any atom is 0.325 e. The van der Waals surface area contributed by atoms with Crippen molar-refractivity contribution in [2.75, 3.05) is 0 Å². The first kappa shape index (κ1) is 16.4. The maximum atomic E-state index is 10.8. The molecule has 5 atom stereocenters. The van der Waals surface area contributed by atoms with Gasteiger partial charge in [-0.15, -0.1) is 10.2 Å². The second-order valence-corrected chi connectivity index (χ2v) is 5.46. The van der Waals surface area contributed by atoms with Crippen LogP contribution in [0.2, 0.25) is 0 Å². The first-order valence-corrected chi connectivity index (χ1v) is 7.10. The molecule has 3 heterocycles. The van der Waals surface area contributed by atoms with E-state index in [2.05, 4.69) is 20.6 Å². The first-order valence-electron chi connectivity index (χ1n) is 7.10. The molecular formula is C12H16N6O6. The lowest BCUT2D eigenvalue weighted by Gasteiger charge is -2.38. The predicted molar refractivity (Wildman–Crippen MR) is 74.3 cm³/mol. The number of aliphatic hydroxyl groups is 3. The van der Waals surface area contributed by atoms with E-state index < -0.39 is 43.2 Å². The zero-order chi connectivity index (χ0) is 17.4. The molecule has 4 N–H and O–H groups in total. The van der Waals surface area contributed by atoms with Crippen LogP contribution in [-0.2, 0) is 16.1 Å². The van der Waals surface area contributed by atoms with E-state index in [-0.39, 0.29) is 5.69 Å². The molecule has 1 aliphatic rings. The van der Waals surface area contributed by atoms with Gasteiger partial charge in [-0.2, -0.15) is 0 Å². The lowest BCUT2D eigenvalue weighted by Crippen LogP contribution is -2.54. The fourth-order valence-corrected chi connectivity index (χ4v) is 2.47. The molecule has 1 fully saturated rings. The second-order valence-electron chi connectivity index (χ2n) is 5.46. The van der Waals surface area contributed by atoms with E-state index in [1.165, 1.54) is 17.1 Å². The van der Waals surface area contributed by atoms with Crippen LogP contribution in [0.25, 0.3) is 11.4 Å². The standard InChI is InChI=1S/C12H16N6O6/c1-5-9(21)10(22)11(23)12(24-5)18-3-6(14-16-18)7-2-13-15-17(7)4-8(19)20/h2-3,5,9-12,21-23H,4H2,1H3,(H,19,20)/t5-,9+,10+,11-,12-/m0/s1. The Kier molecular flexibility index (Phi) is 4.28. The van der Waals surface area contributed by atoms with Gasteiger partial charge in [-0.3, -0.25) is 4.79 Å². The number of aliphatic carboxylic acids is 1. The van der Waals surface area contributed by atoms with Gasteiger partial charge in [0.2, 0.25) is 0 Å². The van der Waals surface area contributed by atoms with E-state index in [1.54, 1.807) is 6.92 Å². The second kappa shape index (κ2) is 6.24. The van der Waals surface area contributed by atoms with Crippen LogP contribution in [0.5, 0.6) is 0 Å². The SMILES string of the molecule is C[C@@H]1O[C@H](n2cc(-c3cnnn3CC(=O)O)nn2)[C@@H](O)[C@H](O)[C@@H]1O. The van der Waals surface area contributed by atoms with Crippen LogP contribution in [0, 0.1) is 0 Å². The van der Waals surface area contributed by atoms with Crippen LogP contribution in [0.4, 0.5) is 0 Å². The summed E-state index contributed by atoms with van der Waals surface area (Å²) in [5.74, 6) is -1.09. The average Bonchev–Trinajstić information content (AvgIpc) is 3.17. The number of hydrogen-bond donors (Lipinski definition) is 4. The highest BCUT2D eigenvalue weighted by Crippen LogP contribution is 2.28. The van der Waals surface area contributed by atoms with Crippen molar-refractivity contribution in [3.8, 4) is 11.4 Å². The Hall–Kier alpha value is -2.41. The molecular weight excluding hydrogens is 324 g/mol.